The Morgan fingerprint density at radius 2 is 2.06 bits per heavy atom. The van der Waals surface area contributed by atoms with Crippen molar-refractivity contribution in [1.82, 2.24) is 10.1 Å². The van der Waals surface area contributed by atoms with Crippen LogP contribution in [0.2, 0.25) is 0 Å². The topological polar surface area (TPSA) is 82.6 Å². The summed E-state index contributed by atoms with van der Waals surface area (Å²) in [4.78, 5) is 6.40. The van der Waals surface area contributed by atoms with Crippen LogP contribution in [0.1, 0.15) is 38.4 Å². The highest BCUT2D eigenvalue weighted by molar-refractivity contribution is 5.26. The quantitative estimate of drug-likeness (QED) is 0.826. The van der Waals surface area contributed by atoms with E-state index in [1.165, 1.54) is 0 Å². The van der Waals surface area contributed by atoms with Gasteiger partial charge in [0, 0.05) is 19.0 Å². The largest absolute Gasteiger partial charge is 0.394 e. The highest BCUT2D eigenvalue weighted by Crippen LogP contribution is 2.25. The molecule has 0 aromatic carbocycles. The van der Waals surface area contributed by atoms with Gasteiger partial charge in [-0.15, -0.1) is 0 Å². The van der Waals surface area contributed by atoms with Crippen LogP contribution >= 0.6 is 0 Å². The molecule has 1 aromatic rings. The highest BCUT2D eigenvalue weighted by atomic mass is 16.5. The van der Waals surface area contributed by atoms with Gasteiger partial charge in [-0.2, -0.15) is 4.98 Å². The summed E-state index contributed by atoms with van der Waals surface area (Å²) in [5, 5.41) is 22.5. The lowest BCUT2D eigenvalue weighted by atomic mass is 9.92. The average molecular weight is 255 g/mol. The second-order valence-corrected chi connectivity index (χ2v) is 5.16. The predicted octanol–water partition coefficient (Wildman–Crippen LogP) is 0.763. The lowest BCUT2D eigenvalue weighted by molar-refractivity contribution is 0.0372. The fourth-order valence-electron chi connectivity index (χ4n) is 2.21. The number of piperidine rings is 1. The third-order valence-corrected chi connectivity index (χ3v) is 3.49. The van der Waals surface area contributed by atoms with Gasteiger partial charge in [0.1, 0.15) is 0 Å². The van der Waals surface area contributed by atoms with Crippen LogP contribution in [0.15, 0.2) is 4.52 Å². The Morgan fingerprint density at radius 1 is 1.39 bits per heavy atom. The summed E-state index contributed by atoms with van der Waals surface area (Å²) in [5.41, 5.74) is 0. The van der Waals surface area contributed by atoms with Gasteiger partial charge in [-0.05, 0) is 18.8 Å². The zero-order chi connectivity index (χ0) is 13.1. The van der Waals surface area contributed by atoms with Crippen LogP contribution in [0.4, 0.5) is 6.01 Å². The van der Waals surface area contributed by atoms with Crippen LogP contribution in [0.5, 0.6) is 0 Å². The van der Waals surface area contributed by atoms with Crippen molar-refractivity contribution in [3.05, 3.63) is 5.82 Å². The van der Waals surface area contributed by atoms with Crippen molar-refractivity contribution in [3.63, 3.8) is 0 Å². The SMILES string of the molecule is CC(C)c1noc(N2CCC(C(O)CO)CC2)n1. The summed E-state index contributed by atoms with van der Waals surface area (Å²) < 4.78 is 5.24. The predicted molar refractivity (Wildman–Crippen MR) is 66.4 cm³/mol. The highest BCUT2D eigenvalue weighted by Gasteiger charge is 2.27. The molecule has 1 fully saturated rings. The van der Waals surface area contributed by atoms with Gasteiger partial charge in [-0.25, -0.2) is 0 Å². The maximum atomic E-state index is 9.60. The Balaban J connectivity index is 1.92. The minimum atomic E-state index is -0.610. The van der Waals surface area contributed by atoms with Crippen molar-refractivity contribution >= 4 is 6.01 Å². The third kappa shape index (κ3) is 2.81. The summed E-state index contributed by atoms with van der Waals surface area (Å²) in [7, 11) is 0. The van der Waals surface area contributed by atoms with Crippen LogP contribution in [-0.2, 0) is 0 Å². The Labute approximate surface area is 107 Å². The lowest BCUT2D eigenvalue weighted by Crippen LogP contribution is -2.39. The molecule has 0 spiro atoms. The monoisotopic (exact) mass is 255 g/mol. The Bertz CT molecular complexity index is 372. The van der Waals surface area contributed by atoms with E-state index in [9.17, 15) is 5.11 Å². The Morgan fingerprint density at radius 3 is 2.56 bits per heavy atom. The Hall–Kier alpha value is -1.14. The summed E-state index contributed by atoms with van der Waals surface area (Å²) in [6.07, 6.45) is 1.06. The molecule has 1 saturated heterocycles. The normalized spacial score (nSPS) is 19.5. The molecule has 1 atom stereocenters. The molecular formula is C12H21N3O3. The van der Waals surface area contributed by atoms with Gasteiger partial charge >= 0.3 is 6.01 Å². The molecule has 0 amide bonds. The molecule has 1 aliphatic heterocycles. The Kier molecular flexibility index (Phi) is 4.19. The van der Waals surface area contributed by atoms with Gasteiger partial charge < -0.3 is 19.6 Å². The second kappa shape index (κ2) is 5.67. The number of anilines is 1. The van der Waals surface area contributed by atoms with Crippen molar-refractivity contribution < 1.29 is 14.7 Å². The van der Waals surface area contributed by atoms with Gasteiger partial charge in [0.15, 0.2) is 5.82 Å². The molecule has 18 heavy (non-hydrogen) atoms. The molecular weight excluding hydrogens is 234 g/mol. The minimum absolute atomic E-state index is 0.164. The number of aliphatic hydroxyl groups excluding tert-OH is 2. The molecule has 0 saturated carbocycles. The number of nitrogens with zero attached hydrogens (tertiary/aromatic N) is 3. The van der Waals surface area contributed by atoms with Crippen LogP contribution < -0.4 is 4.90 Å². The standard InChI is InChI=1S/C12H21N3O3/c1-8(2)11-13-12(18-14-11)15-5-3-9(4-6-15)10(17)7-16/h8-10,16-17H,3-7H2,1-2H3. The van der Waals surface area contributed by atoms with E-state index in [-0.39, 0.29) is 18.4 Å². The molecule has 1 aromatic heterocycles. The number of aliphatic hydroxyl groups is 2. The first-order valence-corrected chi connectivity index (χ1v) is 6.49. The number of hydrogen-bond donors (Lipinski definition) is 2. The van der Waals surface area contributed by atoms with Crippen molar-refractivity contribution in [2.45, 2.75) is 38.7 Å². The molecule has 6 nitrogen and oxygen atoms in total. The molecule has 0 bridgehead atoms. The molecule has 2 N–H and O–H groups in total. The maximum absolute atomic E-state index is 9.60. The smallest absolute Gasteiger partial charge is 0.324 e. The van der Waals surface area contributed by atoms with Crippen LogP contribution in [0.3, 0.4) is 0 Å². The summed E-state index contributed by atoms with van der Waals surface area (Å²) >= 11 is 0. The average Bonchev–Trinajstić information content (AvgIpc) is 2.88. The van der Waals surface area contributed by atoms with E-state index < -0.39 is 6.10 Å². The minimum Gasteiger partial charge on any atom is -0.394 e. The van der Waals surface area contributed by atoms with E-state index in [0.717, 1.165) is 31.8 Å². The molecule has 0 radical (unpaired) electrons. The van der Waals surface area contributed by atoms with E-state index in [4.69, 9.17) is 9.63 Å². The van der Waals surface area contributed by atoms with Crippen LogP contribution in [-0.4, -0.2) is 46.2 Å². The molecule has 2 heterocycles. The molecule has 0 aliphatic carbocycles. The first kappa shape index (κ1) is 13.3. The van der Waals surface area contributed by atoms with E-state index in [0.29, 0.717) is 6.01 Å². The maximum Gasteiger partial charge on any atom is 0.324 e. The van der Waals surface area contributed by atoms with Crippen LogP contribution in [0.25, 0.3) is 0 Å². The zero-order valence-electron chi connectivity index (χ0n) is 10.9. The summed E-state index contributed by atoms with van der Waals surface area (Å²) in [6.45, 7) is 5.45. The number of rotatable bonds is 4. The fraction of sp³-hybridized carbons (Fsp3) is 0.833. The molecule has 1 unspecified atom stereocenters. The lowest BCUT2D eigenvalue weighted by Gasteiger charge is -2.32. The van der Waals surface area contributed by atoms with Crippen molar-refractivity contribution in [1.29, 1.82) is 0 Å². The van der Waals surface area contributed by atoms with E-state index >= 15 is 0 Å². The van der Waals surface area contributed by atoms with E-state index in [2.05, 4.69) is 10.1 Å². The second-order valence-electron chi connectivity index (χ2n) is 5.16. The van der Waals surface area contributed by atoms with Gasteiger partial charge in [0.2, 0.25) is 0 Å². The van der Waals surface area contributed by atoms with E-state index in [1.54, 1.807) is 0 Å². The van der Waals surface area contributed by atoms with Gasteiger partial charge in [0.25, 0.3) is 0 Å². The fourth-order valence-corrected chi connectivity index (χ4v) is 2.21. The molecule has 6 heteroatoms. The first-order chi connectivity index (χ1) is 8.61. The number of hydrogen-bond acceptors (Lipinski definition) is 6. The summed E-state index contributed by atoms with van der Waals surface area (Å²) in [6, 6.07) is 0.565. The van der Waals surface area contributed by atoms with Gasteiger partial charge in [0.05, 0.1) is 12.7 Å². The molecule has 1 aliphatic rings. The third-order valence-electron chi connectivity index (χ3n) is 3.49. The van der Waals surface area contributed by atoms with Crippen LogP contribution in [0, 0.1) is 5.92 Å². The van der Waals surface area contributed by atoms with Crippen molar-refractivity contribution in [2.75, 3.05) is 24.6 Å². The van der Waals surface area contributed by atoms with Gasteiger partial charge in [-0.1, -0.05) is 19.0 Å². The van der Waals surface area contributed by atoms with Crippen molar-refractivity contribution in [3.8, 4) is 0 Å². The van der Waals surface area contributed by atoms with Crippen molar-refractivity contribution in [2.24, 2.45) is 5.92 Å². The zero-order valence-corrected chi connectivity index (χ0v) is 10.9. The number of aromatic nitrogens is 2. The first-order valence-electron chi connectivity index (χ1n) is 6.49. The van der Waals surface area contributed by atoms with E-state index in [1.807, 2.05) is 18.7 Å². The molecule has 2 rings (SSSR count). The molecule has 102 valence electrons. The van der Waals surface area contributed by atoms with Gasteiger partial charge in [-0.3, -0.25) is 0 Å². The summed E-state index contributed by atoms with van der Waals surface area (Å²) in [5.74, 6) is 1.15.